The maximum atomic E-state index is 11.7. The maximum Gasteiger partial charge on any atom is 0.411 e. The Balaban J connectivity index is 3.75. The Kier molecular flexibility index (Phi) is 4.03. The summed E-state index contributed by atoms with van der Waals surface area (Å²) in [7, 11) is 0. The molecule has 0 bridgehead atoms. The Hall–Kier alpha value is -0.250. The van der Waals surface area contributed by atoms with Crippen molar-refractivity contribution in [2.45, 2.75) is 45.4 Å². The van der Waals surface area contributed by atoms with Gasteiger partial charge in [-0.25, -0.2) is 0 Å². The van der Waals surface area contributed by atoms with E-state index >= 15 is 0 Å². The maximum absolute atomic E-state index is 11.7. The molecule has 0 aliphatic carbocycles. The first-order valence-corrected chi connectivity index (χ1v) is 3.97. The molecule has 0 aromatic carbocycles. The van der Waals surface area contributed by atoms with E-state index in [1.165, 1.54) is 0 Å². The lowest BCUT2D eigenvalue weighted by molar-refractivity contribution is -0.200. The van der Waals surface area contributed by atoms with Crippen LogP contribution in [0.4, 0.5) is 13.2 Å². The lowest BCUT2D eigenvalue weighted by Gasteiger charge is -2.25. The van der Waals surface area contributed by atoms with Gasteiger partial charge in [0, 0.05) is 0 Å². The molecule has 0 rings (SSSR count). The van der Waals surface area contributed by atoms with Crippen LogP contribution in [0.1, 0.15) is 33.6 Å². The van der Waals surface area contributed by atoms with Crippen LogP contribution >= 0.6 is 0 Å². The largest absolute Gasteiger partial charge is 0.411 e. The first kappa shape index (κ1) is 11.8. The van der Waals surface area contributed by atoms with E-state index in [2.05, 4.69) is 0 Å². The van der Waals surface area contributed by atoms with Gasteiger partial charge >= 0.3 is 6.18 Å². The highest BCUT2D eigenvalue weighted by Gasteiger charge is 2.31. The van der Waals surface area contributed by atoms with Crippen LogP contribution in [0, 0.1) is 0 Å². The van der Waals surface area contributed by atoms with Crippen LogP contribution in [0.5, 0.6) is 0 Å². The molecule has 1 nitrogen and oxygen atoms in total. The summed E-state index contributed by atoms with van der Waals surface area (Å²) in [5.41, 5.74) is -0.662. The Morgan fingerprint density at radius 3 is 2.00 bits per heavy atom. The fraction of sp³-hybridized carbons (Fsp3) is 1.00. The van der Waals surface area contributed by atoms with E-state index in [4.69, 9.17) is 4.74 Å². The molecule has 0 saturated carbocycles. The van der Waals surface area contributed by atoms with Crippen molar-refractivity contribution >= 4 is 0 Å². The van der Waals surface area contributed by atoms with Crippen molar-refractivity contribution in [3.05, 3.63) is 0 Å². The predicted octanol–water partition coefficient (Wildman–Crippen LogP) is 3.14. The molecule has 12 heavy (non-hydrogen) atoms. The molecule has 0 amide bonds. The van der Waals surface area contributed by atoms with Crippen LogP contribution < -0.4 is 0 Å². The first-order chi connectivity index (χ1) is 5.27. The Morgan fingerprint density at radius 2 is 1.67 bits per heavy atom. The van der Waals surface area contributed by atoms with Gasteiger partial charge in [0.05, 0.1) is 5.60 Å². The highest BCUT2D eigenvalue weighted by Crippen LogP contribution is 2.22. The summed E-state index contributed by atoms with van der Waals surface area (Å²) in [5, 5.41) is 0. The van der Waals surface area contributed by atoms with Gasteiger partial charge in [0.2, 0.25) is 0 Å². The second-order valence-corrected chi connectivity index (χ2v) is 3.41. The molecule has 0 spiro atoms. The summed E-state index contributed by atoms with van der Waals surface area (Å²) in [6.07, 6.45) is -2.75. The minimum Gasteiger partial charge on any atom is -0.366 e. The van der Waals surface area contributed by atoms with Crippen LogP contribution in [0.25, 0.3) is 0 Å². The van der Waals surface area contributed by atoms with E-state index in [1.54, 1.807) is 13.8 Å². The average Bonchev–Trinajstić information content (AvgIpc) is 1.83. The first-order valence-electron chi connectivity index (χ1n) is 3.97. The van der Waals surface area contributed by atoms with Gasteiger partial charge in [0.15, 0.2) is 0 Å². The van der Waals surface area contributed by atoms with E-state index in [-0.39, 0.29) is 0 Å². The monoisotopic (exact) mass is 184 g/mol. The van der Waals surface area contributed by atoms with Crippen LogP contribution in [-0.2, 0) is 4.74 Å². The fourth-order valence-electron chi connectivity index (χ4n) is 0.951. The molecule has 0 aliphatic heterocycles. The van der Waals surface area contributed by atoms with Crippen molar-refractivity contribution in [1.82, 2.24) is 0 Å². The SMILES string of the molecule is CCCC(C)(C)OCC(F)(F)F. The van der Waals surface area contributed by atoms with Gasteiger partial charge < -0.3 is 4.74 Å². The van der Waals surface area contributed by atoms with Crippen molar-refractivity contribution in [2.75, 3.05) is 6.61 Å². The lowest BCUT2D eigenvalue weighted by atomic mass is 10.0. The molecule has 0 radical (unpaired) electrons. The number of rotatable bonds is 4. The second kappa shape index (κ2) is 4.12. The molecule has 0 aliphatic rings. The molecule has 0 saturated heterocycles. The smallest absolute Gasteiger partial charge is 0.366 e. The van der Waals surface area contributed by atoms with Gasteiger partial charge in [-0.2, -0.15) is 13.2 Å². The minimum atomic E-state index is -4.22. The Bertz CT molecular complexity index is 129. The van der Waals surface area contributed by atoms with Crippen molar-refractivity contribution in [1.29, 1.82) is 0 Å². The minimum absolute atomic E-state index is 0.642. The lowest BCUT2D eigenvalue weighted by Crippen LogP contribution is -2.30. The zero-order valence-electron chi connectivity index (χ0n) is 7.66. The standard InChI is InChI=1S/C8H15F3O/c1-4-5-7(2,3)12-6-8(9,10)11/h4-6H2,1-3H3. The van der Waals surface area contributed by atoms with Crippen molar-refractivity contribution in [3.63, 3.8) is 0 Å². The predicted molar refractivity (Wildman–Crippen MR) is 41.0 cm³/mol. The van der Waals surface area contributed by atoms with E-state index in [0.29, 0.717) is 6.42 Å². The summed E-state index contributed by atoms with van der Waals surface area (Å²) in [4.78, 5) is 0. The van der Waals surface area contributed by atoms with Crippen LogP contribution in [0.2, 0.25) is 0 Å². The van der Waals surface area contributed by atoms with Crippen molar-refractivity contribution in [3.8, 4) is 0 Å². The van der Waals surface area contributed by atoms with Gasteiger partial charge in [-0.3, -0.25) is 0 Å². The molecule has 0 atom stereocenters. The molecule has 0 unspecified atom stereocenters. The van der Waals surface area contributed by atoms with Gasteiger partial charge in [-0.05, 0) is 20.3 Å². The molecular formula is C8H15F3O. The number of halogens is 3. The summed E-state index contributed by atoms with van der Waals surface area (Å²) >= 11 is 0. The zero-order chi connectivity index (χ0) is 9.83. The molecule has 0 fully saturated rings. The Labute approximate surface area is 70.9 Å². The number of hydrogen-bond donors (Lipinski definition) is 0. The van der Waals surface area contributed by atoms with E-state index in [9.17, 15) is 13.2 Å². The van der Waals surface area contributed by atoms with E-state index in [0.717, 1.165) is 6.42 Å². The molecular weight excluding hydrogens is 169 g/mol. The van der Waals surface area contributed by atoms with Crippen molar-refractivity contribution in [2.24, 2.45) is 0 Å². The molecule has 74 valence electrons. The Morgan fingerprint density at radius 1 is 1.17 bits per heavy atom. The second-order valence-electron chi connectivity index (χ2n) is 3.41. The molecule has 0 aromatic heterocycles. The van der Waals surface area contributed by atoms with Crippen LogP contribution in [0.3, 0.4) is 0 Å². The normalized spacial score (nSPS) is 13.5. The van der Waals surface area contributed by atoms with Gasteiger partial charge in [0.25, 0.3) is 0 Å². The highest BCUT2D eigenvalue weighted by molar-refractivity contribution is 4.68. The molecule has 0 aromatic rings. The molecule has 0 N–H and O–H groups in total. The van der Waals surface area contributed by atoms with Gasteiger partial charge in [0.1, 0.15) is 6.61 Å². The molecule has 0 heterocycles. The fourth-order valence-corrected chi connectivity index (χ4v) is 0.951. The third-order valence-electron chi connectivity index (χ3n) is 1.48. The highest BCUT2D eigenvalue weighted by atomic mass is 19.4. The van der Waals surface area contributed by atoms with Crippen molar-refractivity contribution < 1.29 is 17.9 Å². The average molecular weight is 184 g/mol. The van der Waals surface area contributed by atoms with Crippen LogP contribution in [0.15, 0.2) is 0 Å². The topological polar surface area (TPSA) is 9.23 Å². The van der Waals surface area contributed by atoms with Crippen LogP contribution in [-0.4, -0.2) is 18.4 Å². The summed E-state index contributed by atoms with van der Waals surface area (Å²) in [6, 6.07) is 0. The summed E-state index contributed by atoms with van der Waals surface area (Å²) < 4.78 is 39.8. The summed E-state index contributed by atoms with van der Waals surface area (Å²) in [6.45, 7) is 4.10. The molecule has 4 heteroatoms. The zero-order valence-corrected chi connectivity index (χ0v) is 7.66. The van der Waals surface area contributed by atoms with Gasteiger partial charge in [-0.1, -0.05) is 13.3 Å². The summed E-state index contributed by atoms with van der Waals surface area (Å²) in [5.74, 6) is 0. The third kappa shape index (κ3) is 6.46. The van der Waals surface area contributed by atoms with E-state index in [1.807, 2.05) is 6.92 Å². The van der Waals surface area contributed by atoms with Gasteiger partial charge in [-0.15, -0.1) is 0 Å². The van der Waals surface area contributed by atoms with E-state index < -0.39 is 18.4 Å². The number of ether oxygens (including phenoxy) is 1. The quantitative estimate of drug-likeness (QED) is 0.652. The number of hydrogen-bond acceptors (Lipinski definition) is 1. The number of alkyl halides is 3. The third-order valence-corrected chi connectivity index (χ3v) is 1.48.